The van der Waals surface area contributed by atoms with Crippen molar-refractivity contribution < 1.29 is 9.53 Å². The van der Waals surface area contributed by atoms with E-state index in [0.29, 0.717) is 24.5 Å². The molecule has 0 radical (unpaired) electrons. The molecule has 2 N–H and O–H groups in total. The molecular weight excluding hydrogens is 244 g/mol. The van der Waals surface area contributed by atoms with Gasteiger partial charge in [0.15, 0.2) is 11.5 Å². The van der Waals surface area contributed by atoms with Crippen LogP contribution < -0.4 is 10.5 Å². The highest BCUT2D eigenvalue weighted by Gasteiger charge is 2.25. The first-order chi connectivity index (χ1) is 9.04. The number of ketones is 1. The predicted molar refractivity (Wildman–Crippen MR) is 74.5 cm³/mol. The summed E-state index contributed by atoms with van der Waals surface area (Å²) in [5.41, 5.74) is 6.18. The molecule has 0 saturated carbocycles. The lowest BCUT2D eigenvalue weighted by atomic mass is 9.98. The number of carbonyl (C=O) groups is 1. The van der Waals surface area contributed by atoms with E-state index in [1.165, 1.54) is 0 Å². The number of hydrogen-bond donors (Lipinski definition) is 1. The Morgan fingerprint density at radius 1 is 1.58 bits per heavy atom. The second kappa shape index (κ2) is 7.25. The summed E-state index contributed by atoms with van der Waals surface area (Å²) in [4.78, 5) is 14.5. The van der Waals surface area contributed by atoms with Crippen molar-refractivity contribution in [2.45, 2.75) is 19.9 Å². The number of nitrogens with zero attached hydrogens (tertiary/aromatic N) is 3. The molecule has 6 nitrogen and oxygen atoms in total. The van der Waals surface area contributed by atoms with Gasteiger partial charge in [-0.1, -0.05) is 6.92 Å². The number of aromatic nitrogens is 2. The lowest BCUT2D eigenvalue weighted by molar-refractivity contribution is 0.0906. The fraction of sp³-hybridized carbons (Fsp3) is 0.692. The zero-order valence-corrected chi connectivity index (χ0v) is 12.2. The Bertz CT molecular complexity index is 411. The molecular formula is C13H24N4O2. The second-order valence-electron chi connectivity index (χ2n) is 4.79. The number of likely N-dealkylation sites (N-methyl/N-ethyl adjacent to an activating group) is 1. The van der Waals surface area contributed by atoms with Crippen LogP contribution in [0.25, 0.3) is 0 Å². The summed E-state index contributed by atoms with van der Waals surface area (Å²) in [6.07, 6.45) is 2.31. The van der Waals surface area contributed by atoms with E-state index < -0.39 is 0 Å². The third-order valence-corrected chi connectivity index (χ3v) is 3.17. The van der Waals surface area contributed by atoms with Crippen LogP contribution in [0, 0.1) is 5.92 Å². The Labute approximate surface area is 114 Å². The lowest BCUT2D eigenvalue weighted by Gasteiger charge is -2.15. The average Bonchev–Trinajstić information content (AvgIpc) is 2.80. The predicted octanol–water partition coefficient (Wildman–Crippen LogP) is 0.621. The van der Waals surface area contributed by atoms with E-state index in [2.05, 4.69) is 5.10 Å². The second-order valence-corrected chi connectivity index (χ2v) is 4.79. The zero-order chi connectivity index (χ0) is 14.4. The summed E-state index contributed by atoms with van der Waals surface area (Å²) in [5.74, 6) is 0.359. The molecule has 0 aliphatic carbocycles. The van der Waals surface area contributed by atoms with Crippen LogP contribution >= 0.6 is 0 Å². The first-order valence-corrected chi connectivity index (χ1v) is 6.53. The van der Waals surface area contributed by atoms with Crippen LogP contribution in [-0.2, 0) is 6.54 Å². The van der Waals surface area contributed by atoms with Crippen LogP contribution in [-0.4, -0.2) is 54.8 Å². The molecule has 108 valence electrons. The minimum atomic E-state index is -0.177. The van der Waals surface area contributed by atoms with Crippen molar-refractivity contribution in [2.24, 2.45) is 11.7 Å². The van der Waals surface area contributed by atoms with Gasteiger partial charge < -0.3 is 15.4 Å². The topological polar surface area (TPSA) is 73.4 Å². The van der Waals surface area contributed by atoms with Gasteiger partial charge in [0.2, 0.25) is 0 Å². The Kier molecular flexibility index (Phi) is 5.98. The van der Waals surface area contributed by atoms with E-state index in [1.54, 1.807) is 18.0 Å². The quantitative estimate of drug-likeness (QED) is 0.700. The molecule has 0 fully saturated rings. The third-order valence-electron chi connectivity index (χ3n) is 3.17. The Balaban J connectivity index is 3.01. The normalized spacial score (nSPS) is 12.7. The Hall–Kier alpha value is -1.40. The maximum absolute atomic E-state index is 12.5. The zero-order valence-electron chi connectivity index (χ0n) is 12.2. The number of hydrogen-bond acceptors (Lipinski definition) is 5. The highest BCUT2D eigenvalue weighted by molar-refractivity contribution is 5.98. The highest BCUT2D eigenvalue weighted by atomic mass is 16.5. The molecule has 19 heavy (non-hydrogen) atoms. The molecule has 0 aliphatic heterocycles. The van der Waals surface area contributed by atoms with Gasteiger partial charge in [0.25, 0.3) is 0 Å². The van der Waals surface area contributed by atoms with Crippen molar-refractivity contribution in [2.75, 3.05) is 34.3 Å². The van der Waals surface area contributed by atoms with Gasteiger partial charge in [-0.15, -0.1) is 0 Å². The van der Waals surface area contributed by atoms with Gasteiger partial charge >= 0.3 is 0 Å². The van der Waals surface area contributed by atoms with Gasteiger partial charge in [0.1, 0.15) is 5.69 Å². The summed E-state index contributed by atoms with van der Waals surface area (Å²) in [5, 5.41) is 4.23. The van der Waals surface area contributed by atoms with Crippen LogP contribution in [0.15, 0.2) is 6.20 Å². The van der Waals surface area contributed by atoms with Crippen molar-refractivity contribution in [1.82, 2.24) is 14.7 Å². The first kappa shape index (κ1) is 15.7. The van der Waals surface area contributed by atoms with E-state index in [-0.39, 0.29) is 11.7 Å². The molecule has 1 unspecified atom stereocenters. The average molecular weight is 268 g/mol. The number of ether oxygens (including phenoxy) is 1. The molecule has 0 bridgehead atoms. The molecule has 1 rings (SSSR count). The van der Waals surface area contributed by atoms with Gasteiger partial charge in [-0.3, -0.25) is 9.48 Å². The van der Waals surface area contributed by atoms with Crippen molar-refractivity contribution in [3.63, 3.8) is 0 Å². The molecule has 0 aromatic carbocycles. The van der Waals surface area contributed by atoms with E-state index in [9.17, 15) is 4.79 Å². The molecule has 0 saturated heterocycles. The lowest BCUT2D eigenvalue weighted by Crippen LogP contribution is -2.27. The number of rotatable bonds is 8. The number of methoxy groups -OCH3 is 1. The van der Waals surface area contributed by atoms with Crippen LogP contribution in [0.5, 0.6) is 5.75 Å². The van der Waals surface area contributed by atoms with Gasteiger partial charge in [-0.25, -0.2) is 0 Å². The highest BCUT2D eigenvalue weighted by Crippen LogP contribution is 2.22. The number of Topliss-reactive ketones (excluding diaryl/α,β-unsaturated/α-hetero) is 1. The fourth-order valence-electron chi connectivity index (χ4n) is 1.88. The molecule has 0 spiro atoms. The van der Waals surface area contributed by atoms with Crippen molar-refractivity contribution in [3.05, 3.63) is 11.9 Å². The summed E-state index contributed by atoms with van der Waals surface area (Å²) in [7, 11) is 5.52. The molecule has 6 heteroatoms. The summed E-state index contributed by atoms with van der Waals surface area (Å²) < 4.78 is 6.94. The monoisotopic (exact) mass is 268 g/mol. The van der Waals surface area contributed by atoms with Crippen molar-refractivity contribution >= 4 is 5.78 Å². The van der Waals surface area contributed by atoms with E-state index >= 15 is 0 Å². The summed E-state index contributed by atoms with van der Waals surface area (Å²) >= 11 is 0. The maximum Gasteiger partial charge on any atom is 0.188 e. The fourth-order valence-corrected chi connectivity index (χ4v) is 1.88. The molecule has 1 aromatic rings. The number of nitrogens with two attached hydrogens (primary N) is 1. The van der Waals surface area contributed by atoms with Gasteiger partial charge in [0, 0.05) is 19.0 Å². The molecule has 1 heterocycles. The minimum Gasteiger partial charge on any atom is -0.493 e. The van der Waals surface area contributed by atoms with Gasteiger partial charge in [-0.05, 0) is 20.5 Å². The summed E-state index contributed by atoms with van der Waals surface area (Å²) in [6.45, 7) is 3.77. The first-order valence-electron chi connectivity index (χ1n) is 6.53. The third kappa shape index (κ3) is 3.78. The minimum absolute atomic E-state index is 0.0121. The van der Waals surface area contributed by atoms with Gasteiger partial charge in [0.05, 0.1) is 19.9 Å². The van der Waals surface area contributed by atoms with Crippen LogP contribution in [0.1, 0.15) is 23.8 Å². The van der Waals surface area contributed by atoms with Crippen LogP contribution in [0.4, 0.5) is 0 Å². The summed E-state index contributed by atoms with van der Waals surface area (Å²) in [6, 6.07) is 0. The molecule has 0 aliphatic rings. The smallest absolute Gasteiger partial charge is 0.188 e. The maximum atomic E-state index is 12.5. The number of carbonyl (C=O) groups excluding carboxylic acids is 1. The Morgan fingerprint density at radius 3 is 2.74 bits per heavy atom. The van der Waals surface area contributed by atoms with E-state index in [4.69, 9.17) is 10.5 Å². The molecule has 1 aromatic heterocycles. The molecule has 0 amide bonds. The van der Waals surface area contributed by atoms with Crippen molar-refractivity contribution in [1.29, 1.82) is 0 Å². The van der Waals surface area contributed by atoms with Crippen LogP contribution in [0.3, 0.4) is 0 Å². The SMILES string of the molecule is CCC(CN)C(=O)c1c(OC)cnn1CCN(C)C. The Morgan fingerprint density at radius 2 is 2.26 bits per heavy atom. The van der Waals surface area contributed by atoms with E-state index in [0.717, 1.165) is 13.0 Å². The van der Waals surface area contributed by atoms with Gasteiger partial charge in [-0.2, -0.15) is 5.10 Å². The van der Waals surface area contributed by atoms with E-state index in [1.807, 2.05) is 25.9 Å². The van der Waals surface area contributed by atoms with Crippen molar-refractivity contribution in [3.8, 4) is 5.75 Å². The molecule has 1 atom stereocenters. The standard InChI is InChI=1S/C13H24N4O2/c1-5-10(8-14)13(18)12-11(19-4)9-15-17(12)7-6-16(2)3/h9-10H,5-8,14H2,1-4H3. The largest absolute Gasteiger partial charge is 0.493 e. The van der Waals surface area contributed by atoms with Crippen LogP contribution in [0.2, 0.25) is 0 Å².